The predicted molar refractivity (Wildman–Crippen MR) is 322 cm³/mol. The smallest absolute Gasteiger partial charge is 0.410 e. The van der Waals surface area contributed by atoms with Crippen LogP contribution in [0.4, 0.5) is 14.4 Å². The molecule has 0 aliphatic carbocycles. The monoisotopic (exact) mass is 1130 g/mol. The van der Waals surface area contributed by atoms with Gasteiger partial charge in [0.2, 0.25) is 0 Å². The molecule has 0 bridgehead atoms. The van der Waals surface area contributed by atoms with Crippen molar-refractivity contribution in [2.45, 2.75) is 169 Å². The largest absolute Gasteiger partial charge is 0.444 e. The molecule has 2 N–H and O–H groups in total. The van der Waals surface area contributed by atoms with Gasteiger partial charge in [-0.05, 0) is 99.4 Å². The molecule has 19 heteroatoms. The fraction of sp³-hybridized carbons (Fsp3) is 0.557. The summed E-state index contributed by atoms with van der Waals surface area (Å²) in [5, 5.41) is 23.1. The number of ether oxygens (including phenoxy) is 3. The molecule has 0 aromatic heterocycles. The number of ketones is 1. The maximum Gasteiger partial charge on any atom is 0.410 e. The zero-order valence-electron chi connectivity index (χ0n) is 47.4. The molecule has 0 unspecified atom stereocenters. The van der Waals surface area contributed by atoms with Crippen LogP contribution in [0.2, 0.25) is 0 Å². The Balaban J connectivity index is 0.000000513. The van der Waals surface area contributed by atoms with Crippen LogP contribution in [0.1, 0.15) is 159 Å². The van der Waals surface area contributed by atoms with Crippen LogP contribution in [0, 0.1) is 0 Å². The summed E-state index contributed by atoms with van der Waals surface area (Å²) >= 11 is 5.49. The van der Waals surface area contributed by atoms with Gasteiger partial charge in [-0.15, -0.1) is 0 Å². The first kappa shape index (κ1) is 69.7. The van der Waals surface area contributed by atoms with Gasteiger partial charge in [0.15, 0.2) is 5.17 Å². The molecule has 80 heavy (non-hydrogen) atoms. The number of likely N-dealkylation sites (tertiary alicyclic amines) is 3. The Hall–Kier alpha value is -6.40. The van der Waals surface area contributed by atoms with Crippen LogP contribution < -0.4 is 5.32 Å². The summed E-state index contributed by atoms with van der Waals surface area (Å²) in [6, 6.07) is 29.5. The van der Waals surface area contributed by atoms with Gasteiger partial charge in [-0.2, -0.15) is 0 Å². The molecule has 9 rings (SSSR count). The number of Topliss-reactive ketones (excluding diaryl/α,β-unsaturated/α-hetero) is 1. The van der Waals surface area contributed by atoms with Gasteiger partial charge < -0.3 is 49.1 Å². The molecule has 3 aromatic carbocycles. The van der Waals surface area contributed by atoms with Crippen molar-refractivity contribution in [1.82, 2.24) is 20.0 Å². The summed E-state index contributed by atoms with van der Waals surface area (Å²) in [5.74, 6) is 0.227. The highest BCUT2D eigenvalue weighted by Crippen LogP contribution is 2.37. The number of rotatable bonds is 3. The first-order chi connectivity index (χ1) is 36.4. The van der Waals surface area contributed by atoms with Gasteiger partial charge in [-0.25, -0.2) is 14.4 Å². The van der Waals surface area contributed by atoms with Crippen molar-refractivity contribution in [2.24, 2.45) is 15.5 Å². The molecular formula is C61H92BClN7O10. The van der Waals surface area contributed by atoms with Crippen LogP contribution >= 0.6 is 11.6 Å². The number of benzene rings is 3. The van der Waals surface area contributed by atoms with Crippen LogP contribution in [0.25, 0.3) is 0 Å². The molecule has 4 fully saturated rings. The van der Waals surface area contributed by atoms with Gasteiger partial charge in [0.1, 0.15) is 33.8 Å². The minimum Gasteiger partial charge on any atom is -0.444 e. The van der Waals surface area contributed by atoms with E-state index in [-0.39, 0.29) is 65.1 Å². The van der Waals surface area contributed by atoms with Gasteiger partial charge in [-0.1, -0.05) is 145 Å². The fourth-order valence-corrected chi connectivity index (χ4v) is 8.81. The Morgan fingerprint density at radius 2 is 0.938 bits per heavy atom. The Labute approximate surface area is 485 Å². The molecule has 17 nitrogen and oxygen atoms in total. The van der Waals surface area contributed by atoms with Crippen LogP contribution in [0.3, 0.4) is 0 Å². The summed E-state index contributed by atoms with van der Waals surface area (Å²) in [5.41, 5.74) is 4.75. The predicted octanol–water partition coefficient (Wildman–Crippen LogP) is 12.9. The Kier molecular flexibility index (Phi) is 28.0. The first-order valence-electron chi connectivity index (χ1n) is 26.7. The third-order valence-corrected chi connectivity index (χ3v) is 13.2. The number of piperidine rings is 4. The van der Waals surface area contributed by atoms with Crippen LogP contribution in [-0.2, 0) is 28.7 Å². The second-order valence-corrected chi connectivity index (χ2v) is 23.3. The number of carbonyl (C=O) groups excluding carboxylic acids is 4. The van der Waals surface area contributed by atoms with Crippen molar-refractivity contribution in [2.75, 3.05) is 52.4 Å². The third kappa shape index (κ3) is 23.7. The number of amides is 3. The van der Waals surface area contributed by atoms with Crippen LogP contribution in [0.15, 0.2) is 119 Å². The molecule has 6 aliphatic rings. The quantitative estimate of drug-likeness (QED) is 0.0633. The number of nitrogens with one attached hydrogen (secondary N) is 1. The molecule has 0 atom stereocenters. The van der Waals surface area contributed by atoms with Gasteiger partial charge in [0.05, 0.1) is 11.4 Å². The highest BCUT2D eigenvalue weighted by atomic mass is 35.5. The summed E-state index contributed by atoms with van der Waals surface area (Å²) in [6.07, 6.45) is 7.41. The Morgan fingerprint density at radius 1 is 0.600 bits per heavy atom. The standard InChI is InChI=1S/C18H24N2O3.C13H16N2O.C11H19NO2.C10H17NO3.C7H6ClNO.2CH4.B.H2/c1-17(2,3)22-16(21)20-11-9-18(10-12-20)13-15(19-23-18)14-7-5-4-6-8-14;1-2-4-11(5-3-1)12-10-13(16-15-12)6-8-14-9-7-13;1-9-5-7-12(8-6-9)10(13)14-11(2,3)4;1-10(2,3)14-9(13)11-6-4-8(12)5-7-11;8-7(9-10)6-4-2-1-3-5-6;;;;/h4-8H,9-13H2,1-3H3;1-5,14H,6-10H2;1,5-8H2,2-4H3;4-7H2,1-3H3;1-5,10H;2*1H4;;1H/b;;;;9-7-;;;;/i;;;;;;;;1+1. The zero-order valence-corrected chi connectivity index (χ0v) is 48.1. The highest BCUT2D eigenvalue weighted by Gasteiger charge is 2.44. The van der Waals surface area contributed by atoms with Crippen molar-refractivity contribution in [3.8, 4) is 0 Å². The normalized spacial score (nSPS) is 18.2. The van der Waals surface area contributed by atoms with Crippen molar-refractivity contribution in [3.63, 3.8) is 0 Å². The molecular weight excluding hydrogens is 1040 g/mol. The summed E-state index contributed by atoms with van der Waals surface area (Å²) in [6.45, 7) is 26.6. The minimum absolute atomic E-state index is 0. The summed E-state index contributed by atoms with van der Waals surface area (Å²) in [7, 11) is 0. The summed E-state index contributed by atoms with van der Waals surface area (Å²) in [4.78, 5) is 62.8. The Bertz CT molecular complexity index is 2430. The van der Waals surface area contributed by atoms with Gasteiger partial charge in [0.25, 0.3) is 0 Å². The van der Waals surface area contributed by atoms with E-state index in [0.29, 0.717) is 44.6 Å². The van der Waals surface area contributed by atoms with Crippen molar-refractivity contribution < 1.29 is 49.7 Å². The molecule has 441 valence electrons. The number of halogens is 1. The van der Waals surface area contributed by atoms with E-state index in [2.05, 4.69) is 51.6 Å². The van der Waals surface area contributed by atoms with E-state index in [1.165, 1.54) is 11.1 Å². The van der Waals surface area contributed by atoms with E-state index in [0.717, 1.165) is 94.5 Å². The van der Waals surface area contributed by atoms with E-state index in [4.69, 9.17) is 40.7 Å². The zero-order chi connectivity index (χ0) is 56.3. The summed E-state index contributed by atoms with van der Waals surface area (Å²) < 4.78 is 15.9. The SMILES string of the molecule is C.C.C=C1CCN(C(=O)OC(C)(C)C)CC1.CC(C)(C)OC(=O)N1CCC(=O)CC1.CC(C)(C)OC(=O)N1CCC2(CC1)CC(c1ccccc1)=NO2.O/N=C(\Cl)c1ccccc1.[2HH].[B].c1ccc(C2=NOC3(CCNCC3)C2)cc1. The molecule has 0 saturated carbocycles. The molecule has 3 radical (unpaired) electrons. The van der Waals surface area contributed by atoms with E-state index in [1.54, 1.807) is 26.8 Å². The van der Waals surface area contributed by atoms with E-state index in [9.17, 15) is 19.2 Å². The van der Waals surface area contributed by atoms with Gasteiger partial charge in [0, 0.05) is 106 Å². The fourth-order valence-electron chi connectivity index (χ4n) is 8.69. The van der Waals surface area contributed by atoms with Gasteiger partial charge >= 0.3 is 18.3 Å². The molecule has 6 heterocycles. The van der Waals surface area contributed by atoms with Crippen molar-refractivity contribution >= 4 is 60.7 Å². The molecule has 3 aromatic rings. The molecule has 6 aliphatic heterocycles. The maximum absolute atomic E-state index is 12.1. The van der Waals surface area contributed by atoms with Crippen LogP contribution in [-0.4, -0.2) is 149 Å². The van der Waals surface area contributed by atoms with Crippen molar-refractivity contribution in [1.29, 1.82) is 0 Å². The second kappa shape index (κ2) is 32.2. The average molecular weight is 1130 g/mol. The Morgan fingerprint density at radius 3 is 1.30 bits per heavy atom. The lowest BCUT2D eigenvalue weighted by molar-refractivity contribution is -0.121. The number of hydrogen-bond acceptors (Lipinski definition) is 14. The lowest BCUT2D eigenvalue weighted by atomic mass is 9.85. The van der Waals surface area contributed by atoms with Gasteiger partial charge in [-0.3, -0.25) is 4.79 Å². The number of oxime groups is 3. The first-order valence-corrected chi connectivity index (χ1v) is 27.1. The maximum atomic E-state index is 12.1. The number of hydrogen-bond donors (Lipinski definition) is 2. The van der Waals surface area contributed by atoms with E-state index < -0.39 is 16.8 Å². The molecule has 4 saturated heterocycles. The third-order valence-electron chi connectivity index (χ3n) is 12.9. The number of nitrogens with zero attached hydrogens (tertiary/aromatic N) is 6. The second-order valence-electron chi connectivity index (χ2n) is 22.9. The lowest BCUT2D eigenvalue weighted by Crippen LogP contribution is -2.48. The van der Waals surface area contributed by atoms with Crippen LogP contribution in [0.5, 0.6) is 0 Å². The molecule has 3 amide bonds. The topological polar surface area (TPSA) is 193 Å². The minimum atomic E-state index is -0.460. The van der Waals surface area contributed by atoms with E-state index in [1.807, 2.05) is 117 Å². The highest BCUT2D eigenvalue weighted by molar-refractivity contribution is 6.69. The van der Waals surface area contributed by atoms with E-state index >= 15 is 0 Å². The lowest BCUT2D eigenvalue weighted by Gasteiger charge is -2.37. The molecule has 2 spiro atoms. The van der Waals surface area contributed by atoms with Crippen molar-refractivity contribution in [3.05, 3.63) is 120 Å². The average Bonchev–Trinajstić information content (AvgIpc) is 4.21. The number of carbonyl (C=O) groups is 4.